The second-order valence-electron chi connectivity index (χ2n) is 10.6. The summed E-state index contributed by atoms with van der Waals surface area (Å²) in [5.41, 5.74) is 5.08. The lowest BCUT2D eigenvalue weighted by Gasteiger charge is -2.32. The van der Waals surface area contributed by atoms with E-state index >= 15 is 0 Å². The first-order chi connectivity index (χ1) is 18.0. The third-order valence-corrected chi connectivity index (χ3v) is 8.03. The second kappa shape index (κ2) is 10.2. The molecule has 0 aliphatic carbocycles. The highest BCUT2D eigenvalue weighted by atomic mass is 16.5. The molecule has 7 nitrogen and oxygen atoms in total. The van der Waals surface area contributed by atoms with Crippen molar-refractivity contribution in [2.24, 2.45) is 0 Å². The Labute approximate surface area is 218 Å². The molecule has 3 aliphatic heterocycles. The van der Waals surface area contributed by atoms with Crippen molar-refractivity contribution in [3.05, 3.63) is 77.2 Å². The molecule has 2 fully saturated rings. The predicted octanol–water partition coefficient (Wildman–Crippen LogP) is 4.11. The molecule has 3 aliphatic rings. The summed E-state index contributed by atoms with van der Waals surface area (Å²) in [6, 6.07) is 16.3. The first-order valence-electron chi connectivity index (χ1n) is 13.5. The van der Waals surface area contributed by atoms with Gasteiger partial charge in [-0.15, -0.1) is 0 Å². The summed E-state index contributed by atoms with van der Waals surface area (Å²) in [4.78, 5) is 33.7. The fourth-order valence-corrected chi connectivity index (χ4v) is 5.73. The van der Waals surface area contributed by atoms with E-state index in [4.69, 9.17) is 9.72 Å². The summed E-state index contributed by atoms with van der Waals surface area (Å²) >= 11 is 0. The molecule has 2 aromatic carbocycles. The molecule has 1 atom stereocenters. The molecule has 1 amide bonds. The number of amides is 1. The van der Waals surface area contributed by atoms with Crippen LogP contribution in [0, 0.1) is 0 Å². The number of imidazole rings is 1. The number of fused-ring (bicyclic) bond motifs is 2. The molecular formula is C30H34N4O3. The van der Waals surface area contributed by atoms with Crippen LogP contribution in [0.15, 0.2) is 54.7 Å². The van der Waals surface area contributed by atoms with E-state index in [1.54, 1.807) is 4.90 Å². The molecule has 3 aromatic rings. The smallest absolute Gasteiger partial charge is 0.253 e. The Morgan fingerprint density at radius 3 is 2.41 bits per heavy atom. The lowest BCUT2D eigenvalue weighted by Crippen LogP contribution is -2.38. The van der Waals surface area contributed by atoms with Crippen LogP contribution in [-0.2, 0) is 22.5 Å². The van der Waals surface area contributed by atoms with Gasteiger partial charge >= 0.3 is 0 Å². The molecule has 0 bridgehead atoms. The van der Waals surface area contributed by atoms with E-state index in [1.165, 1.54) is 11.1 Å². The van der Waals surface area contributed by atoms with Crippen molar-refractivity contribution < 1.29 is 14.3 Å². The average Bonchev–Trinajstić information content (AvgIpc) is 3.30. The van der Waals surface area contributed by atoms with E-state index < -0.39 is 0 Å². The van der Waals surface area contributed by atoms with Gasteiger partial charge in [-0.05, 0) is 49.6 Å². The number of ether oxygens (including phenoxy) is 1. The molecular weight excluding hydrogens is 464 g/mol. The van der Waals surface area contributed by atoms with Gasteiger partial charge in [-0.25, -0.2) is 4.98 Å². The zero-order chi connectivity index (χ0) is 25.4. The first kappa shape index (κ1) is 24.1. The van der Waals surface area contributed by atoms with Gasteiger partial charge in [0.1, 0.15) is 17.7 Å². The van der Waals surface area contributed by atoms with Crippen LogP contribution in [0.25, 0.3) is 11.3 Å². The zero-order valence-electron chi connectivity index (χ0n) is 21.4. The van der Waals surface area contributed by atoms with Gasteiger partial charge < -0.3 is 19.1 Å². The minimum Gasteiger partial charge on any atom is -0.362 e. The molecule has 2 saturated heterocycles. The molecule has 0 N–H and O–H groups in total. The fourth-order valence-electron chi connectivity index (χ4n) is 5.73. The lowest BCUT2D eigenvalue weighted by molar-refractivity contribution is -0.120. The molecule has 0 spiro atoms. The van der Waals surface area contributed by atoms with Gasteiger partial charge in [0.2, 0.25) is 0 Å². The van der Waals surface area contributed by atoms with Gasteiger partial charge in [0.25, 0.3) is 5.91 Å². The number of aromatic nitrogens is 2. The molecule has 7 heteroatoms. The minimum absolute atomic E-state index is 0.0112. The summed E-state index contributed by atoms with van der Waals surface area (Å²) in [5, 5.41) is 0. The van der Waals surface area contributed by atoms with Crippen LogP contribution in [0.1, 0.15) is 59.1 Å². The third-order valence-electron chi connectivity index (χ3n) is 8.03. The van der Waals surface area contributed by atoms with E-state index in [0.29, 0.717) is 31.5 Å². The summed E-state index contributed by atoms with van der Waals surface area (Å²) in [7, 11) is 2.17. The van der Waals surface area contributed by atoms with Gasteiger partial charge in [-0.2, -0.15) is 0 Å². The summed E-state index contributed by atoms with van der Waals surface area (Å²) in [6.45, 7) is 3.98. The lowest BCUT2D eigenvalue weighted by atomic mass is 10.00. The maximum absolute atomic E-state index is 12.9. The highest BCUT2D eigenvalue weighted by Crippen LogP contribution is 2.36. The number of hydrogen-bond donors (Lipinski definition) is 0. The number of aryl methyl sites for hydroxylation is 2. The number of piperidine rings is 2. The number of likely N-dealkylation sites (tertiary alicyclic amines) is 2. The first-order valence-corrected chi connectivity index (χ1v) is 13.5. The highest BCUT2D eigenvalue weighted by molar-refractivity contribution is 5.95. The van der Waals surface area contributed by atoms with Gasteiger partial charge in [-0.3, -0.25) is 9.59 Å². The van der Waals surface area contributed by atoms with Crippen LogP contribution >= 0.6 is 0 Å². The molecule has 1 unspecified atom stereocenters. The number of rotatable bonds is 4. The van der Waals surface area contributed by atoms with Crippen molar-refractivity contribution in [3.63, 3.8) is 0 Å². The maximum atomic E-state index is 12.9. The fraction of sp³-hybridized carbons (Fsp3) is 0.433. The molecule has 4 heterocycles. The molecule has 0 radical (unpaired) electrons. The van der Waals surface area contributed by atoms with E-state index in [2.05, 4.69) is 47.0 Å². The van der Waals surface area contributed by atoms with E-state index in [-0.39, 0.29) is 23.9 Å². The van der Waals surface area contributed by atoms with Crippen molar-refractivity contribution in [3.8, 4) is 11.3 Å². The van der Waals surface area contributed by atoms with Crippen LogP contribution in [0.5, 0.6) is 0 Å². The third kappa shape index (κ3) is 4.98. The Kier molecular flexibility index (Phi) is 6.65. The normalized spacial score (nSPS) is 20.8. The van der Waals surface area contributed by atoms with Crippen molar-refractivity contribution in [1.29, 1.82) is 0 Å². The predicted molar refractivity (Wildman–Crippen MR) is 141 cm³/mol. The van der Waals surface area contributed by atoms with Gasteiger partial charge in [-0.1, -0.05) is 36.4 Å². The van der Waals surface area contributed by atoms with Gasteiger partial charge in [0.15, 0.2) is 0 Å². The standard InChI is InChI=1S/C30H34N4O3/c1-32-15-13-25(14-16-32)37-28-26-5-3-2-4-21(26)10-17-34-20-27(31-29(28)34)22-6-8-23(9-7-22)30(36)33-18-11-24(35)12-19-33/h2-9,20,25,28H,10-19H2,1H3. The van der Waals surface area contributed by atoms with Crippen LogP contribution in [0.2, 0.25) is 0 Å². The van der Waals surface area contributed by atoms with Crippen LogP contribution in [0.4, 0.5) is 0 Å². The SMILES string of the molecule is CN1CCC(OC2c3ccccc3CCn3cc(-c4ccc(C(=O)N5CCC(=O)CC5)cc4)nc32)CC1. The van der Waals surface area contributed by atoms with Crippen LogP contribution < -0.4 is 0 Å². The number of benzene rings is 2. The molecule has 1 aromatic heterocycles. The number of carbonyl (C=O) groups excluding carboxylic acids is 2. The van der Waals surface area contributed by atoms with E-state index in [9.17, 15) is 9.59 Å². The Morgan fingerprint density at radius 2 is 1.65 bits per heavy atom. The monoisotopic (exact) mass is 498 g/mol. The molecule has 0 saturated carbocycles. The Bertz CT molecular complexity index is 1280. The number of Topliss-reactive ketones (excluding diaryl/α,β-unsaturated/α-hetero) is 1. The topological polar surface area (TPSA) is 67.7 Å². The van der Waals surface area contributed by atoms with Crippen molar-refractivity contribution >= 4 is 11.7 Å². The molecule has 37 heavy (non-hydrogen) atoms. The van der Waals surface area contributed by atoms with Crippen molar-refractivity contribution in [1.82, 2.24) is 19.4 Å². The second-order valence-corrected chi connectivity index (χ2v) is 10.6. The number of hydrogen-bond acceptors (Lipinski definition) is 5. The largest absolute Gasteiger partial charge is 0.362 e. The molecule has 6 rings (SSSR count). The van der Waals surface area contributed by atoms with Gasteiger partial charge in [0.05, 0.1) is 11.8 Å². The van der Waals surface area contributed by atoms with Crippen LogP contribution in [-0.4, -0.2) is 70.4 Å². The van der Waals surface area contributed by atoms with Crippen molar-refractivity contribution in [2.75, 3.05) is 33.2 Å². The summed E-state index contributed by atoms with van der Waals surface area (Å²) < 4.78 is 9.05. The maximum Gasteiger partial charge on any atom is 0.253 e. The van der Waals surface area contributed by atoms with Crippen LogP contribution in [0.3, 0.4) is 0 Å². The highest BCUT2D eigenvalue weighted by Gasteiger charge is 2.31. The van der Waals surface area contributed by atoms with Crippen molar-refractivity contribution in [2.45, 2.75) is 50.9 Å². The number of carbonyl (C=O) groups is 2. The van der Waals surface area contributed by atoms with E-state index in [1.807, 2.05) is 24.3 Å². The minimum atomic E-state index is -0.191. The Balaban J connectivity index is 1.26. The Morgan fingerprint density at radius 1 is 0.919 bits per heavy atom. The summed E-state index contributed by atoms with van der Waals surface area (Å²) in [5.74, 6) is 1.18. The average molecular weight is 499 g/mol. The zero-order valence-corrected chi connectivity index (χ0v) is 21.4. The quantitative estimate of drug-likeness (QED) is 0.542. The van der Waals surface area contributed by atoms with Gasteiger partial charge in [0, 0.05) is 62.9 Å². The molecule has 192 valence electrons. The number of nitrogens with zero attached hydrogens (tertiary/aromatic N) is 4. The summed E-state index contributed by atoms with van der Waals surface area (Å²) in [6.07, 6.45) is 6.06. The Hall–Kier alpha value is -3.29. The number of ketones is 1. The van der Waals surface area contributed by atoms with E-state index in [0.717, 1.165) is 56.0 Å².